The first-order valence-corrected chi connectivity index (χ1v) is 6.89. The lowest BCUT2D eigenvalue weighted by Gasteiger charge is -2.09. The summed E-state index contributed by atoms with van der Waals surface area (Å²) in [5, 5.41) is 12.8. The largest absolute Gasteiger partial charge is 0.506 e. The molecule has 0 fully saturated rings. The summed E-state index contributed by atoms with van der Waals surface area (Å²) in [5.41, 5.74) is 1.21. The zero-order valence-electron chi connectivity index (χ0n) is 10.2. The number of aromatic hydroxyl groups is 1. The molecule has 0 saturated carbocycles. The first-order chi connectivity index (χ1) is 9.03. The minimum atomic E-state index is -3.80. The molecule has 0 atom stereocenters. The van der Waals surface area contributed by atoms with E-state index >= 15 is 0 Å². The van der Waals surface area contributed by atoms with Crippen LogP contribution in [-0.4, -0.2) is 20.6 Å². The van der Waals surface area contributed by atoms with E-state index in [-0.39, 0.29) is 10.6 Å². The molecule has 0 spiro atoms. The van der Waals surface area contributed by atoms with Crippen molar-refractivity contribution in [2.45, 2.75) is 4.90 Å². The number of anilines is 2. The third-order valence-electron chi connectivity index (χ3n) is 2.53. The van der Waals surface area contributed by atoms with E-state index in [2.05, 4.69) is 9.50 Å². The summed E-state index contributed by atoms with van der Waals surface area (Å²) < 4.78 is 27.3. The number of para-hydroxylation sites is 1. The van der Waals surface area contributed by atoms with Crippen LogP contribution in [-0.2, 0) is 14.3 Å². The summed E-state index contributed by atoms with van der Waals surface area (Å²) in [6.07, 6.45) is 0. The second kappa shape index (κ2) is 5.29. The molecule has 0 aliphatic rings. The van der Waals surface area contributed by atoms with Gasteiger partial charge in [0, 0.05) is 11.8 Å². The molecule has 0 saturated heterocycles. The van der Waals surface area contributed by atoms with Gasteiger partial charge in [0.1, 0.15) is 5.75 Å². The maximum absolute atomic E-state index is 11.5. The van der Waals surface area contributed by atoms with Crippen LogP contribution in [0.1, 0.15) is 0 Å². The SMILES string of the molecule is COS(=O)(=O)c1ccc(Nc2ccccc2)c(O)c1. The average Bonchev–Trinajstić information content (AvgIpc) is 2.42. The van der Waals surface area contributed by atoms with E-state index < -0.39 is 10.1 Å². The Kier molecular flexibility index (Phi) is 3.73. The van der Waals surface area contributed by atoms with Crippen LogP contribution in [0.25, 0.3) is 0 Å². The Bertz CT molecular complexity index is 668. The van der Waals surface area contributed by atoms with Gasteiger partial charge in [0.05, 0.1) is 17.7 Å². The number of phenols is 1. The van der Waals surface area contributed by atoms with Crippen LogP contribution in [0.15, 0.2) is 53.4 Å². The normalized spacial score (nSPS) is 11.2. The van der Waals surface area contributed by atoms with Crippen LogP contribution in [0.4, 0.5) is 11.4 Å². The third kappa shape index (κ3) is 3.04. The number of hydrogen-bond acceptors (Lipinski definition) is 5. The molecule has 0 aromatic heterocycles. The van der Waals surface area contributed by atoms with E-state index in [0.717, 1.165) is 18.9 Å². The van der Waals surface area contributed by atoms with Crippen LogP contribution < -0.4 is 5.32 Å². The molecule has 19 heavy (non-hydrogen) atoms. The van der Waals surface area contributed by atoms with Crippen LogP contribution in [0, 0.1) is 0 Å². The van der Waals surface area contributed by atoms with Gasteiger partial charge in [-0.2, -0.15) is 8.42 Å². The van der Waals surface area contributed by atoms with Gasteiger partial charge in [0.15, 0.2) is 0 Å². The molecule has 0 unspecified atom stereocenters. The summed E-state index contributed by atoms with van der Waals surface area (Å²) in [7, 11) is -2.73. The summed E-state index contributed by atoms with van der Waals surface area (Å²) >= 11 is 0. The summed E-state index contributed by atoms with van der Waals surface area (Å²) in [6, 6.07) is 13.2. The van der Waals surface area contributed by atoms with Gasteiger partial charge >= 0.3 is 0 Å². The molecule has 2 N–H and O–H groups in total. The summed E-state index contributed by atoms with van der Waals surface area (Å²) in [4.78, 5) is -0.0916. The highest BCUT2D eigenvalue weighted by Gasteiger charge is 2.15. The van der Waals surface area contributed by atoms with Crippen molar-refractivity contribution < 1.29 is 17.7 Å². The van der Waals surface area contributed by atoms with E-state index in [1.54, 1.807) is 0 Å². The van der Waals surface area contributed by atoms with Crippen molar-refractivity contribution in [3.8, 4) is 5.75 Å². The van der Waals surface area contributed by atoms with Crippen LogP contribution in [0.3, 0.4) is 0 Å². The van der Waals surface area contributed by atoms with Crippen LogP contribution in [0.2, 0.25) is 0 Å². The van der Waals surface area contributed by atoms with Crippen molar-refractivity contribution in [3.63, 3.8) is 0 Å². The molecule has 5 nitrogen and oxygen atoms in total. The topological polar surface area (TPSA) is 75.6 Å². The minimum Gasteiger partial charge on any atom is -0.506 e. The number of nitrogens with one attached hydrogen (secondary N) is 1. The van der Waals surface area contributed by atoms with Gasteiger partial charge in [-0.15, -0.1) is 0 Å². The zero-order chi connectivity index (χ0) is 13.9. The predicted octanol–water partition coefficient (Wildman–Crippen LogP) is 2.47. The maximum atomic E-state index is 11.5. The lowest BCUT2D eigenvalue weighted by Crippen LogP contribution is -2.02. The molecule has 2 rings (SSSR count). The van der Waals surface area contributed by atoms with Crippen molar-refractivity contribution in [3.05, 3.63) is 48.5 Å². The third-order valence-corrected chi connectivity index (χ3v) is 3.80. The lowest BCUT2D eigenvalue weighted by molar-refractivity contribution is 0.397. The maximum Gasteiger partial charge on any atom is 0.296 e. The van der Waals surface area contributed by atoms with Gasteiger partial charge in [0.25, 0.3) is 10.1 Å². The van der Waals surface area contributed by atoms with Gasteiger partial charge < -0.3 is 10.4 Å². The monoisotopic (exact) mass is 279 g/mol. The van der Waals surface area contributed by atoms with Gasteiger partial charge in [0.2, 0.25) is 0 Å². The molecule has 6 heteroatoms. The van der Waals surface area contributed by atoms with Crippen molar-refractivity contribution in [2.75, 3.05) is 12.4 Å². The molecule has 2 aromatic carbocycles. The Morgan fingerprint density at radius 3 is 2.37 bits per heavy atom. The first kappa shape index (κ1) is 13.4. The highest BCUT2D eigenvalue weighted by atomic mass is 32.2. The molecule has 0 aliphatic heterocycles. The van der Waals surface area contributed by atoms with Crippen molar-refractivity contribution in [1.82, 2.24) is 0 Å². The number of phenolic OH excluding ortho intramolecular Hbond substituents is 1. The molecule has 0 radical (unpaired) electrons. The lowest BCUT2D eigenvalue weighted by atomic mass is 10.2. The van der Waals surface area contributed by atoms with Crippen molar-refractivity contribution in [2.24, 2.45) is 0 Å². The fourth-order valence-electron chi connectivity index (χ4n) is 1.55. The Balaban J connectivity index is 2.31. The van der Waals surface area contributed by atoms with Gasteiger partial charge in [-0.1, -0.05) is 18.2 Å². The van der Waals surface area contributed by atoms with Crippen LogP contribution >= 0.6 is 0 Å². The molecule has 2 aromatic rings. The molecular weight excluding hydrogens is 266 g/mol. The Morgan fingerprint density at radius 2 is 1.79 bits per heavy atom. The molecule has 0 aliphatic carbocycles. The smallest absolute Gasteiger partial charge is 0.296 e. The van der Waals surface area contributed by atoms with Crippen molar-refractivity contribution in [1.29, 1.82) is 0 Å². The van der Waals surface area contributed by atoms with E-state index in [9.17, 15) is 13.5 Å². The standard InChI is InChI=1S/C13H13NO4S/c1-18-19(16,17)11-7-8-12(13(15)9-11)14-10-5-3-2-4-6-10/h2-9,14-15H,1H3. The fourth-order valence-corrected chi connectivity index (χ4v) is 2.23. The quantitative estimate of drug-likeness (QED) is 0.664. The van der Waals surface area contributed by atoms with E-state index in [1.807, 2.05) is 30.3 Å². The highest BCUT2D eigenvalue weighted by molar-refractivity contribution is 7.86. The minimum absolute atomic E-state index is 0.0916. The molecule has 0 bridgehead atoms. The molecule has 0 heterocycles. The summed E-state index contributed by atoms with van der Waals surface area (Å²) in [6.45, 7) is 0. The molecule has 0 amide bonds. The highest BCUT2D eigenvalue weighted by Crippen LogP contribution is 2.29. The second-order valence-corrected chi connectivity index (χ2v) is 5.50. The van der Waals surface area contributed by atoms with E-state index in [1.165, 1.54) is 12.1 Å². The fraction of sp³-hybridized carbons (Fsp3) is 0.0769. The number of hydrogen-bond donors (Lipinski definition) is 2. The van der Waals surface area contributed by atoms with Gasteiger partial charge in [-0.05, 0) is 24.3 Å². The van der Waals surface area contributed by atoms with E-state index in [0.29, 0.717) is 5.69 Å². The number of rotatable bonds is 4. The molecule has 100 valence electrons. The predicted molar refractivity (Wildman–Crippen MR) is 72.0 cm³/mol. The Hall–Kier alpha value is -2.05. The number of benzene rings is 2. The zero-order valence-corrected chi connectivity index (χ0v) is 11.0. The van der Waals surface area contributed by atoms with Crippen LogP contribution in [0.5, 0.6) is 5.75 Å². The average molecular weight is 279 g/mol. The van der Waals surface area contributed by atoms with Crippen molar-refractivity contribution >= 4 is 21.5 Å². The Morgan fingerprint density at radius 1 is 1.11 bits per heavy atom. The van der Waals surface area contributed by atoms with E-state index in [4.69, 9.17) is 0 Å². The first-order valence-electron chi connectivity index (χ1n) is 5.48. The molecular formula is C13H13NO4S. The van der Waals surface area contributed by atoms with Gasteiger partial charge in [-0.25, -0.2) is 0 Å². The summed E-state index contributed by atoms with van der Waals surface area (Å²) in [5.74, 6) is -0.165. The van der Waals surface area contributed by atoms with Gasteiger partial charge in [-0.3, -0.25) is 4.18 Å². The Labute approximate surface area is 111 Å². The second-order valence-electron chi connectivity index (χ2n) is 3.79.